The molecule has 0 heterocycles. The van der Waals surface area contributed by atoms with Gasteiger partial charge in [0.05, 0.1) is 0 Å². The number of hydrogen-bond acceptors (Lipinski definition) is 2. The molecular formula is C11H14BrNO2S. The Balaban J connectivity index is 2.62. The lowest BCUT2D eigenvalue weighted by Crippen LogP contribution is -2.36. The van der Waals surface area contributed by atoms with E-state index < -0.39 is 10.8 Å². The molecular weight excluding hydrogens is 290 g/mol. The maximum Gasteiger partial charge on any atom is 0.251 e. The lowest BCUT2D eigenvalue weighted by molar-refractivity contribution is 0.0943. The van der Waals surface area contributed by atoms with Crippen molar-refractivity contribution in [3.8, 4) is 0 Å². The van der Waals surface area contributed by atoms with Crippen LogP contribution in [-0.4, -0.2) is 28.2 Å². The van der Waals surface area contributed by atoms with Gasteiger partial charge in [-0.25, -0.2) is 0 Å². The lowest BCUT2D eigenvalue weighted by atomic mass is 10.2. The maximum absolute atomic E-state index is 11.8. The molecule has 16 heavy (non-hydrogen) atoms. The van der Waals surface area contributed by atoms with Crippen molar-refractivity contribution in [3.63, 3.8) is 0 Å². The average molecular weight is 304 g/mol. The van der Waals surface area contributed by atoms with E-state index in [2.05, 4.69) is 21.2 Å². The van der Waals surface area contributed by atoms with Crippen molar-refractivity contribution in [2.45, 2.75) is 13.0 Å². The molecule has 2 unspecified atom stereocenters. The summed E-state index contributed by atoms with van der Waals surface area (Å²) in [5.74, 6) is 0.332. The molecule has 0 bridgehead atoms. The fraction of sp³-hybridized carbons (Fsp3) is 0.364. The molecule has 1 N–H and O–H groups in total. The molecule has 1 amide bonds. The van der Waals surface area contributed by atoms with Crippen LogP contribution in [0.1, 0.15) is 17.3 Å². The van der Waals surface area contributed by atoms with Crippen LogP contribution in [0.5, 0.6) is 0 Å². The molecule has 0 aliphatic carbocycles. The van der Waals surface area contributed by atoms with Gasteiger partial charge in [-0.3, -0.25) is 9.00 Å². The van der Waals surface area contributed by atoms with Gasteiger partial charge in [0.15, 0.2) is 0 Å². The van der Waals surface area contributed by atoms with Crippen LogP contribution in [0.2, 0.25) is 0 Å². The Kier molecular flexibility index (Phi) is 5.15. The Morgan fingerprint density at radius 1 is 1.56 bits per heavy atom. The van der Waals surface area contributed by atoms with E-state index in [1.165, 1.54) is 0 Å². The third-order valence-corrected chi connectivity index (χ3v) is 3.41. The standard InChI is InChI=1S/C11H14BrNO2S/c1-8(7-16(2)15)13-11(14)9-4-3-5-10(12)6-9/h3-6,8H,7H2,1-2H3,(H,13,14). The van der Waals surface area contributed by atoms with Gasteiger partial charge in [0.25, 0.3) is 5.91 Å². The molecule has 0 aliphatic heterocycles. The minimum absolute atomic E-state index is 0.0858. The van der Waals surface area contributed by atoms with Gasteiger partial charge >= 0.3 is 0 Å². The van der Waals surface area contributed by atoms with Gasteiger partial charge in [-0.05, 0) is 25.1 Å². The van der Waals surface area contributed by atoms with Gasteiger partial charge < -0.3 is 5.32 Å². The number of carbonyl (C=O) groups is 1. The number of carbonyl (C=O) groups excluding carboxylic acids is 1. The number of benzene rings is 1. The van der Waals surface area contributed by atoms with Crippen molar-refractivity contribution in [2.75, 3.05) is 12.0 Å². The highest BCUT2D eigenvalue weighted by atomic mass is 79.9. The second kappa shape index (κ2) is 6.15. The van der Waals surface area contributed by atoms with Gasteiger partial charge in [-0.15, -0.1) is 0 Å². The third kappa shape index (κ3) is 4.45. The van der Waals surface area contributed by atoms with E-state index in [9.17, 15) is 9.00 Å². The summed E-state index contributed by atoms with van der Waals surface area (Å²) < 4.78 is 11.8. The van der Waals surface area contributed by atoms with Crippen molar-refractivity contribution >= 4 is 32.6 Å². The molecule has 1 rings (SSSR count). The van der Waals surface area contributed by atoms with Crippen LogP contribution in [0.4, 0.5) is 0 Å². The summed E-state index contributed by atoms with van der Waals surface area (Å²) in [6.45, 7) is 1.84. The lowest BCUT2D eigenvalue weighted by Gasteiger charge is -2.12. The number of nitrogens with one attached hydrogen (secondary N) is 1. The summed E-state index contributed by atoms with van der Waals surface area (Å²) >= 11 is 3.31. The monoisotopic (exact) mass is 303 g/mol. The zero-order chi connectivity index (χ0) is 12.1. The fourth-order valence-corrected chi connectivity index (χ4v) is 2.52. The van der Waals surface area contributed by atoms with Crippen molar-refractivity contribution in [1.29, 1.82) is 0 Å². The van der Waals surface area contributed by atoms with E-state index in [1.54, 1.807) is 18.4 Å². The Labute approximate surface area is 106 Å². The first-order chi connectivity index (χ1) is 7.49. The van der Waals surface area contributed by atoms with Crippen LogP contribution in [0.25, 0.3) is 0 Å². The molecule has 0 saturated heterocycles. The fourth-order valence-electron chi connectivity index (χ4n) is 1.33. The van der Waals surface area contributed by atoms with E-state index in [4.69, 9.17) is 0 Å². The minimum atomic E-state index is -0.897. The van der Waals surface area contributed by atoms with E-state index in [0.717, 1.165) is 4.47 Å². The first kappa shape index (κ1) is 13.4. The highest BCUT2D eigenvalue weighted by molar-refractivity contribution is 9.10. The molecule has 2 atom stereocenters. The predicted molar refractivity (Wildman–Crippen MR) is 70.0 cm³/mol. The SMILES string of the molecule is CC(CS(C)=O)NC(=O)c1cccc(Br)c1. The summed E-state index contributed by atoms with van der Waals surface area (Å²) in [6, 6.07) is 7.08. The Morgan fingerprint density at radius 3 is 2.81 bits per heavy atom. The van der Waals surface area contributed by atoms with E-state index in [-0.39, 0.29) is 11.9 Å². The van der Waals surface area contributed by atoms with Crippen LogP contribution < -0.4 is 5.32 Å². The van der Waals surface area contributed by atoms with E-state index in [0.29, 0.717) is 11.3 Å². The second-order valence-corrected chi connectivity index (χ2v) is 6.02. The predicted octanol–water partition coefficient (Wildman–Crippen LogP) is 1.95. The zero-order valence-corrected chi connectivity index (χ0v) is 11.6. The average Bonchev–Trinajstić information content (AvgIpc) is 2.16. The molecule has 1 aromatic rings. The normalized spacial score (nSPS) is 14.2. The Morgan fingerprint density at radius 2 is 2.25 bits per heavy atom. The van der Waals surface area contributed by atoms with Crippen molar-refractivity contribution in [3.05, 3.63) is 34.3 Å². The molecule has 0 saturated carbocycles. The number of halogens is 1. The zero-order valence-electron chi connectivity index (χ0n) is 9.20. The van der Waals surface area contributed by atoms with Gasteiger partial charge in [-0.2, -0.15) is 0 Å². The van der Waals surface area contributed by atoms with E-state index in [1.807, 2.05) is 19.1 Å². The van der Waals surface area contributed by atoms with Crippen molar-refractivity contribution < 1.29 is 9.00 Å². The molecule has 0 radical (unpaired) electrons. The van der Waals surface area contributed by atoms with Crippen molar-refractivity contribution in [2.24, 2.45) is 0 Å². The van der Waals surface area contributed by atoms with Crippen molar-refractivity contribution in [1.82, 2.24) is 5.32 Å². The first-order valence-electron chi connectivity index (χ1n) is 4.85. The van der Waals surface area contributed by atoms with Gasteiger partial charge in [0, 0.05) is 38.9 Å². The first-order valence-corrected chi connectivity index (χ1v) is 7.37. The smallest absolute Gasteiger partial charge is 0.251 e. The number of amides is 1. The highest BCUT2D eigenvalue weighted by Gasteiger charge is 2.10. The molecule has 88 valence electrons. The summed E-state index contributed by atoms with van der Waals surface area (Å²) in [6.07, 6.45) is 1.63. The Bertz CT molecular complexity index is 409. The third-order valence-electron chi connectivity index (χ3n) is 1.95. The second-order valence-electron chi connectivity index (χ2n) is 3.62. The molecule has 0 spiro atoms. The number of hydrogen-bond donors (Lipinski definition) is 1. The van der Waals surface area contributed by atoms with Gasteiger partial charge in [0.1, 0.15) is 0 Å². The van der Waals surface area contributed by atoms with Crippen LogP contribution in [0.15, 0.2) is 28.7 Å². The topological polar surface area (TPSA) is 46.2 Å². The number of rotatable bonds is 4. The quantitative estimate of drug-likeness (QED) is 0.924. The highest BCUT2D eigenvalue weighted by Crippen LogP contribution is 2.11. The Hall–Kier alpha value is -0.680. The molecule has 0 aliphatic rings. The van der Waals surface area contributed by atoms with E-state index >= 15 is 0 Å². The van der Waals surface area contributed by atoms with Gasteiger partial charge in [0.2, 0.25) is 0 Å². The molecule has 0 fully saturated rings. The van der Waals surface area contributed by atoms with Gasteiger partial charge in [-0.1, -0.05) is 22.0 Å². The summed E-state index contributed by atoms with van der Waals surface area (Å²) in [5, 5.41) is 2.80. The van der Waals surface area contributed by atoms with Crippen LogP contribution in [0.3, 0.4) is 0 Å². The largest absolute Gasteiger partial charge is 0.349 e. The molecule has 3 nitrogen and oxygen atoms in total. The van der Waals surface area contributed by atoms with Crippen LogP contribution in [-0.2, 0) is 10.8 Å². The molecule has 5 heteroatoms. The summed E-state index contributed by atoms with van der Waals surface area (Å²) in [5.41, 5.74) is 0.600. The summed E-state index contributed by atoms with van der Waals surface area (Å²) in [7, 11) is -0.897. The van der Waals surface area contributed by atoms with Crippen LogP contribution >= 0.6 is 15.9 Å². The minimum Gasteiger partial charge on any atom is -0.349 e. The van der Waals surface area contributed by atoms with Crippen LogP contribution in [0, 0.1) is 0 Å². The molecule has 0 aromatic heterocycles. The summed E-state index contributed by atoms with van der Waals surface area (Å²) in [4.78, 5) is 11.8. The maximum atomic E-state index is 11.8. The molecule has 1 aromatic carbocycles.